The molecule has 0 atom stereocenters. The van der Waals surface area contributed by atoms with Crippen molar-refractivity contribution in [3.8, 4) is 0 Å². The standard InChI is InChI=1S/C17H22N2O3S2/c1-2-22-16(21)13-11-8-3-4-9-12(11)24-15(13)19-17(23)18-14(20)10-6-5-7-10/h10H,2-9H2,1H3,(H2,18,19,20,23). The molecule has 130 valence electrons. The number of nitrogens with one attached hydrogen (secondary N) is 2. The van der Waals surface area contributed by atoms with E-state index in [9.17, 15) is 9.59 Å². The van der Waals surface area contributed by atoms with Crippen LogP contribution >= 0.6 is 23.6 Å². The number of aryl methyl sites for hydroxylation is 1. The van der Waals surface area contributed by atoms with E-state index in [0.717, 1.165) is 50.5 Å². The normalized spacial score (nSPS) is 16.7. The minimum atomic E-state index is -0.312. The van der Waals surface area contributed by atoms with Crippen molar-refractivity contribution in [1.29, 1.82) is 0 Å². The van der Waals surface area contributed by atoms with Crippen molar-refractivity contribution in [1.82, 2.24) is 5.32 Å². The van der Waals surface area contributed by atoms with E-state index in [4.69, 9.17) is 17.0 Å². The summed E-state index contributed by atoms with van der Waals surface area (Å²) in [5.41, 5.74) is 1.68. The lowest BCUT2D eigenvalue weighted by Gasteiger charge is -2.24. The number of esters is 1. The summed E-state index contributed by atoms with van der Waals surface area (Å²) < 4.78 is 5.22. The van der Waals surface area contributed by atoms with Crippen LogP contribution in [0.4, 0.5) is 5.00 Å². The minimum Gasteiger partial charge on any atom is -0.462 e. The topological polar surface area (TPSA) is 67.4 Å². The van der Waals surface area contributed by atoms with Crippen molar-refractivity contribution in [2.24, 2.45) is 5.92 Å². The molecule has 1 aromatic rings. The summed E-state index contributed by atoms with van der Waals surface area (Å²) in [6, 6.07) is 0. The molecule has 1 saturated carbocycles. The van der Waals surface area contributed by atoms with Gasteiger partial charge in [-0.3, -0.25) is 4.79 Å². The highest BCUT2D eigenvalue weighted by molar-refractivity contribution is 7.80. The number of ether oxygens (including phenoxy) is 1. The third kappa shape index (κ3) is 3.62. The summed E-state index contributed by atoms with van der Waals surface area (Å²) in [6.07, 6.45) is 7.04. The Morgan fingerprint density at radius 2 is 2.00 bits per heavy atom. The molecule has 0 spiro atoms. The van der Waals surface area contributed by atoms with Crippen molar-refractivity contribution in [2.45, 2.75) is 51.9 Å². The third-order valence-corrected chi connectivity index (χ3v) is 6.00. The van der Waals surface area contributed by atoms with Crippen LogP contribution < -0.4 is 10.6 Å². The Balaban J connectivity index is 1.76. The molecule has 0 aliphatic heterocycles. The number of hydrogen-bond donors (Lipinski definition) is 2. The van der Waals surface area contributed by atoms with Crippen LogP contribution in [0, 0.1) is 5.92 Å². The van der Waals surface area contributed by atoms with Gasteiger partial charge in [0, 0.05) is 10.8 Å². The summed E-state index contributed by atoms with van der Waals surface area (Å²) in [4.78, 5) is 25.6. The number of thiophene rings is 1. The summed E-state index contributed by atoms with van der Waals surface area (Å²) in [7, 11) is 0. The Kier molecular flexibility index (Phi) is 5.50. The van der Waals surface area contributed by atoms with E-state index in [1.807, 2.05) is 0 Å². The molecule has 1 amide bonds. The zero-order chi connectivity index (χ0) is 17.1. The van der Waals surface area contributed by atoms with Crippen molar-refractivity contribution in [3.05, 3.63) is 16.0 Å². The number of carbonyl (C=O) groups excluding carboxylic acids is 2. The van der Waals surface area contributed by atoms with Gasteiger partial charge in [0.2, 0.25) is 5.91 Å². The fraction of sp³-hybridized carbons (Fsp3) is 0.588. The highest BCUT2D eigenvalue weighted by Gasteiger charge is 2.28. The van der Waals surface area contributed by atoms with E-state index < -0.39 is 0 Å². The number of hydrogen-bond acceptors (Lipinski definition) is 5. The molecule has 0 radical (unpaired) electrons. The lowest BCUT2D eigenvalue weighted by atomic mass is 9.85. The maximum absolute atomic E-state index is 12.4. The van der Waals surface area contributed by atoms with Gasteiger partial charge in [0.1, 0.15) is 5.00 Å². The predicted molar refractivity (Wildman–Crippen MR) is 98.6 cm³/mol. The second kappa shape index (κ2) is 7.61. The largest absolute Gasteiger partial charge is 0.462 e. The van der Waals surface area contributed by atoms with Gasteiger partial charge in [-0.1, -0.05) is 6.42 Å². The number of anilines is 1. The van der Waals surface area contributed by atoms with Crippen molar-refractivity contribution < 1.29 is 14.3 Å². The zero-order valence-corrected chi connectivity index (χ0v) is 15.4. The lowest BCUT2D eigenvalue weighted by molar-refractivity contribution is -0.125. The van der Waals surface area contributed by atoms with Crippen LogP contribution in [-0.4, -0.2) is 23.6 Å². The van der Waals surface area contributed by atoms with E-state index in [-0.39, 0.29) is 22.9 Å². The summed E-state index contributed by atoms with van der Waals surface area (Å²) in [5.74, 6) is -0.268. The monoisotopic (exact) mass is 366 g/mol. The van der Waals surface area contributed by atoms with Gasteiger partial charge in [0.25, 0.3) is 0 Å². The first-order valence-corrected chi connectivity index (χ1v) is 9.76. The summed E-state index contributed by atoms with van der Waals surface area (Å²) >= 11 is 6.82. The Hall–Kier alpha value is -1.47. The van der Waals surface area contributed by atoms with Crippen molar-refractivity contribution >= 4 is 45.5 Å². The van der Waals surface area contributed by atoms with Gasteiger partial charge in [-0.2, -0.15) is 0 Å². The smallest absolute Gasteiger partial charge is 0.341 e. The molecule has 1 aromatic heterocycles. The number of thiocarbonyl (C=S) groups is 1. The molecule has 0 aromatic carbocycles. The molecular weight excluding hydrogens is 344 g/mol. The van der Waals surface area contributed by atoms with E-state index in [2.05, 4.69) is 10.6 Å². The van der Waals surface area contributed by atoms with Crippen LogP contribution in [-0.2, 0) is 22.4 Å². The zero-order valence-electron chi connectivity index (χ0n) is 13.8. The Labute approximate surface area is 151 Å². The Morgan fingerprint density at radius 1 is 1.25 bits per heavy atom. The number of rotatable bonds is 4. The summed E-state index contributed by atoms with van der Waals surface area (Å²) in [5, 5.41) is 6.76. The van der Waals surface area contributed by atoms with Crippen LogP contribution in [0.15, 0.2) is 0 Å². The van der Waals surface area contributed by atoms with E-state index in [1.54, 1.807) is 18.3 Å². The highest BCUT2D eigenvalue weighted by Crippen LogP contribution is 2.38. The quantitative estimate of drug-likeness (QED) is 0.631. The lowest BCUT2D eigenvalue weighted by Crippen LogP contribution is -2.40. The average Bonchev–Trinajstić information content (AvgIpc) is 2.82. The predicted octanol–water partition coefficient (Wildman–Crippen LogP) is 3.42. The molecule has 1 fully saturated rings. The van der Waals surface area contributed by atoms with Gasteiger partial charge in [-0.15, -0.1) is 11.3 Å². The van der Waals surface area contributed by atoms with Crippen molar-refractivity contribution in [3.63, 3.8) is 0 Å². The average molecular weight is 367 g/mol. The van der Waals surface area contributed by atoms with Gasteiger partial charge >= 0.3 is 5.97 Å². The van der Waals surface area contributed by atoms with E-state index >= 15 is 0 Å². The molecule has 0 unspecified atom stereocenters. The molecule has 5 nitrogen and oxygen atoms in total. The van der Waals surface area contributed by atoms with Crippen LogP contribution in [0.25, 0.3) is 0 Å². The van der Waals surface area contributed by atoms with Crippen LogP contribution in [0.2, 0.25) is 0 Å². The van der Waals surface area contributed by atoms with Gasteiger partial charge < -0.3 is 15.4 Å². The van der Waals surface area contributed by atoms with Gasteiger partial charge in [-0.05, 0) is 63.2 Å². The fourth-order valence-corrected chi connectivity index (χ4v) is 4.64. The molecule has 2 N–H and O–H groups in total. The Bertz CT molecular complexity index is 665. The second-order valence-corrected chi connectivity index (χ2v) is 7.72. The van der Waals surface area contributed by atoms with E-state index in [1.165, 1.54) is 4.88 Å². The molecule has 0 saturated heterocycles. The van der Waals surface area contributed by atoms with Crippen LogP contribution in [0.3, 0.4) is 0 Å². The molecule has 2 aliphatic rings. The SMILES string of the molecule is CCOC(=O)c1c(NC(=S)NC(=O)C2CCC2)sc2c1CCCC2. The first-order valence-electron chi connectivity index (χ1n) is 8.53. The van der Waals surface area contributed by atoms with E-state index in [0.29, 0.717) is 17.2 Å². The molecule has 2 aliphatic carbocycles. The summed E-state index contributed by atoms with van der Waals surface area (Å²) in [6.45, 7) is 2.14. The van der Waals surface area contributed by atoms with Crippen molar-refractivity contribution in [2.75, 3.05) is 11.9 Å². The molecule has 24 heavy (non-hydrogen) atoms. The maximum atomic E-state index is 12.4. The highest BCUT2D eigenvalue weighted by atomic mass is 32.1. The number of carbonyl (C=O) groups is 2. The Morgan fingerprint density at radius 3 is 2.67 bits per heavy atom. The second-order valence-electron chi connectivity index (χ2n) is 6.21. The van der Waals surface area contributed by atoms with Crippen LogP contribution in [0.5, 0.6) is 0 Å². The third-order valence-electron chi connectivity index (χ3n) is 4.59. The molecular formula is C17H22N2O3S2. The van der Waals surface area contributed by atoms with Gasteiger partial charge in [-0.25, -0.2) is 4.79 Å². The maximum Gasteiger partial charge on any atom is 0.341 e. The molecule has 0 bridgehead atoms. The van der Waals surface area contributed by atoms with Gasteiger partial charge in [0.15, 0.2) is 5.11 Å². The molecule has 7 heteroatoms. The molecule has 1 heterocycles. The first kappa shape index (κ1) is 17.4. The number of amides is 1. The number of fused-ring (bicyclic) bond motifs is 1. The minimum absolute atomic E-state index is 0.0299. The molecule has 3 rings (SSSR count). The fourth-order valence-electron chi connectivity index (χ4n) is 3.09. The van der Waals surface area contributed by atoms with Crippen LogP contribution in [0.1, 0.15) is 59.8 Å². The first-order chi connectivity index (χ1) is 11.6. The van der Waals surface area contributed by atoms with Gasteiger partial charge in [0.05, 0.1) is 12.2 Å².